The Morgan fingerprint density at radius 1 is 1.32 bits per heavy atom. The number of hydrogen-bond donors (Lipinski definition) is 1. The van der Waals surface area contributed by atoms with Crippen LogP contribution in [0.5, 0.6) is 0 Å². The zero-order valence-corrected chi connectivity index (χ0v) is 11.3. The van der Waals surface area contributed by atoms with Crippen molar-refractivity contribution in [3.8, 4) is 0 Å². The predicted molar refractivity (Wildman–Crippen MR) is 74.1 cm³/mol. The molecular formula is C15H20N2O2. The molecule has 0 spiro atoms. The van der Waals surface area contributed by atoms with Crippen LogP contribution in [0.2, 0.25) is 0 Å². The van der Waals surface area contributed by atoms with Crippen LogP contribution in [0.25, 0.3) is 0 Å². The van der Waals surface area contributed by atoms with E-state index in [1.807, 2.05) is 37.3 Å². The average Bonchev–Trinajstić information content (AvgIpc) is 2.66. The van der Waals surface area contributed by atoms with Crippen molar-refractivity contribution in [2.24, 2.45) is 0 Å². The number of nitrogens with one attached hydrogen (secondary N) is 1. The molecule has 1 unspecified atom stereocenters. The molecule has 1 aliphatic rings. The minimum absolute atomic E-state index is 0.0736. The molecule has 19 heavy (non-hydrogen) atoms. The molecule has 0 saturated carbocycles. The molecule has 1 aliphatic heterocycles. The van der Waals surface area contributed by atoms with E-state index < -0.39 is 0 Å². The number of Topliss-reactive ketones (excluding diaryl/α,β-unsaturated/α-hetero) is 1. The molecule has 1 fully saturated rings. The molecular weight excluding hydrogens is 240 g/mol. The van der Waals surface area contributed by atoms with Crippen LogP contribution in [-0.4, -0.2) is 42.3 Å². The minimum Gasteiger partial charge on any atom is -0.355 e. The van der Waals surface area contributed by atoms with Gasteiger partial charge in [0.2, 0.25) is 5.91 Å². The van der Waals surface area contributed by atoms with Gasteiger partial charge in [0.25, 0.3) is 0 Å². The second-order valence-corrected chi connectivity index (χ2v) is 4.79. The number of carbonyl (C=O) groups is 2. The lowest BCUT2D eigenvalue weighted by atomic mass is 10.0. The van der Waals surface area contributed by atoms with Gasteiger partial charge in [-0.2, -0.15) is 0 Å². The summed E-state index contributed by atoms with van der Waals surface area (Å²) in [5.74, 6) is 0.224. The van der Waals surface area contributed by atoms with Gasteiger partial charge in [-0.25, -0.2) is 0 Å². The van der Waals surface area contributed by atoms with Gasteiger partial charge >= 0.3 is 0 Å². The second kappa shape index (κ2) is 6.48. The highest BCUT2D eigenvalue weighted by atomic mass is 16.1. The molecule has 1 aromatic carbocycles. The number of rotatable bonds is 4. The van der Waals surface area contributed by atoms with Gasteiger partial charge in [0.05, 0.1) is 6.04 Å². The third kappa shape index (κ3) is 3.41. The van der Waals surface area contributed by atoms with Crippen molar-refractivity contribution >= 4 is 11.7 Å². The van der Waals surface area contributed by atoms with E-state index >= 15 is 0 Å². The van der Waals surface area contributed by atoms with Crippen molar-refractivity contribution in [2.75, 3.05) is 19.6 Å². The molecule has 102 valence electrons. The molecule has 1 atom stereocenters. The van der Waals surface area contributed by atoms with E-state index in [0.29, 0.717) is 19.5 Å². The minimum atomic E-state index is -0.130. The molecule has 4 nitrogen and oxygen atoms in total. The Bertz CT molecular complexity index is 445. The van der Waals surface area contributed by atoms with Crippen LogP contribution in [0.3, 0.4) is 0 Å². The SMILES string of the molecule is CCC(C(=O)c1ccccc1)N1CCNC(=O)CC1. The number of amides is 1. The van der Waals surface area contributed by atoms with Gasteiger partial charge in [-0.1, -0.05) is 37.3 Å². The molecule has 1 heterocycles. The Morgan fingerprint density at radius 3 is 2.74 bits per heavy atom. The van der Waals surface area contributed by atoms with E-state index in [0.717, 1.165) is 18.5 Å². The smallest absolute Gasteiger partial charge is 0.221 e. The fourth-order valence-electron chi connectivity index (χ4n) is 2.50. The first-order chi connectivity index (χ1) is 9.22. The molecule has 1 saturated heterocycles. The van der Waals surface area contributed by atoms with Crippen molar-refractivity contribution in [1.29, 1.82) is 0 Å². The number of benzene rings is 1. The number of carbonyl (C=O) groups excluding carboxylic acids is 2. The molecule has 0 aromatic heterocycles. The summed E-state index contributed by atoms with van der Waals surface area (Å²) >= 11 is 0. The molecule has 1 aromatic rings. The normalized spacial score (nSPS) is 18.5. The average molecular weight is 260 g/mol. The largest absolute Gasteiger partial charge is 0.355 e. The van der Waals surface area contributed by atoms with Gasteiger partial charge in [0.1, 0.15) is 0 Å². The van der Waals surface area contributed by atoms with E-state index in [9.17, 15) is 9.59 Å². The van der Waals surface area contributed by atoms with Gasteiger partial charge < -0.3 is 5.32 Å². The lowest BCUT2D eigenvalue weighted by Gasteiger charge is -2.28. The second-order valence-electron chi connectivity index (χ2n) is 4.79. The van der Waals surface area contributed by atoms with E-state index in [1.165, 1.54) is 0 Å². The maximum Gasteiger partial charge on any atom is 0.221 e. The zero-order valence-electron chi connectivity index (χ0n) is 11.3. The zero-order chi connectivity index (χ0) is 13.7. The van der Waals surface area contributed by atoms with E-state index in [-0.39, 0.29) is 17.7 Å². The first-order valence-electron chi connectivity index (χ1n) is 6.82. The summed E-state index contributed by atoms with van der Waals surface area (Å²) in [5, 5.41) is 2.84. The fraction of sp³-hybridized carbons (Fsp3) is 0.467. The summed E-state index contributed by atoms with van der Waals surface area (Å²) in [6, 6.07) is 9.25. The lowest BCUT2D eigenvalue weighted by molar-refractivity contribution is -0.120. The van der Waals surface area contributed by atoms with Crippen LogP contribution in [0.1, 0.15) is 30.1 Å². The van der Waals surface area contributed by atoms with Gasteiger partial charge in [-0.15, -0.1) is 0 Å². The first kappa shape index (κ1) is 13.7. The topological polar surface area (TPSA) is 49.4 Å². The highest BCUT2D eigenvalue weighted by Crippen LogP contribution is 2.13. The third-order valence-electron chi connectivity index (χ3n) is 3.54. The molecule has 2 rings (SSSR count). The van der Waals surface area contributed by atoms with E-state index in [1.54, 1.807) is 0 Å². The number of ketones is 1. The van der Waals surface area contributed by atoms with Gasteiger partial charge in [0, 0.05) is 31.6 Å². The van der Waals surface area contributed by atoms with Crippen LogP contribution in [0.15, 0.2) is 30.3 Å². The van der Waals surface area contributed by atoms with Crippen molar-refractivity contribution in [1.82, 2.24) is 10.2 Å². The fourth-order valence-corrected chi connectivity index (χ4v) is 2.50. The van der Waals surface area contributed by atoms with Crippen LogP contribution >= 0.6 is 0 Å². The third-order valence-corrected chi connectivity index (χ3v) is 3.54. The number of hydrogen-bond acceptors (Lipinski definition) is 3. The summed E-state index contributed by atoms with van der Waals surface area (Å²) in [5.41, 5.74) is 0.748. The van der Waals surface area contributed by atoms with Crippen molar-refractivity contribution < 1.29 is 9.59 Å². The van der Waals surface area contributed by atoms with Crippen LogP contribution in [0, 0.1) is 0 Å². The molecule has 0 radical (unpaired) electrons. The quantitative estimate of drug-likeness (QED) is 0.834. The molecule has 1 amide bonds. The monoisotopic (exact) mass is 260 g/mol. The Kier molecular flexibility index (Phi) is 4.68. The van der Waals surface area contributed by atoms with Crippen molar-refractivity contribution in [2.45, 2.75) is 25.8 Å². The van der Waals surface area contributed by atoms with Crippen molar-refractivity contribution in [3.63, 3.8) is 0 Å². The highest BCUT2D eigenvalue weighted by Gasteiger charge is 2.26. The summed E-state index contributed by atoms with van der Waals surface area (Å²) in [6.45, 7) is 4.04. The van der Waals surface area contributed by atoms with Crippen LogP contribution in [0.4, 0.5) is 0 Å². The lowest BCUT2D eigenvalue weighted by Crippen LogP contribution is -2.42. The van der Waals surface area contributed by atoms with Crippen molar-refractivity contribution in [3.05, 3.63) is 35.9 Å². The summed E-state index contributed by atoms with van der Waals surface area (Å²) < 4.78 is 0. The Balaban J connectivity index is 2.11. The Morgan fingerprint density at radius 2 is 2.05 bits per heavy atom. The van der Waals surface area contributed by atoms with E-state index in [4.69, 9.17) is 0 Å². The Labute approximate surface area is 113 Å². The summed E-state index contributed by atoms with van der Waals surface area (Å²) in [4.78, 5) is 26.0. The summed E-state index contributed by atoms with van der Waals surface area (Å²) in [6.07, 6.45) is 1.24. The summed E-state index contributed by atoms with van der Waals surface area (Å²) in [7, 11) is 0. The molecule has 4 heteroatoms. The van der Waals surface area contributed by atoms with E-state index in [2.05, 4.69) is 10.2 Å². The van der Waals surface area contributed by atoms with Crippen LogP contribution in [-0.2, 0) is 4.79 Å². The predicted octanol–water partition coefficient (Wildman–Crippen LogP) is 1.47. The molecule has 0 bridgehead atoms. The molecule has 0 aliphatic carbocycles. The molecule has 1 N–H and O–H groups in total. The van der Waals surface area contributed by atoms with Gasteiger partial charge in [0.15, 0.2) is 5.78 Å². The maximum absolute atomic E-state index is 12.5. The van der Waals surface area contributed by atoms with Gasteiger partial charge in [-0.3, -0.25) is 14.5 Å². The standard InChI is InChI=1S/C15H20N2O2/c1-2-13(15(19)12-6-4-3-5-7-12)17-10-8-14(18)16-9-11-17/h3-7,13H,2,8-11H2,1H3,(H,16,18). The highest BCUT2D eigenvalue weighted by molar-refractivity contribution is 6.00. The number of nitrogens with zero attached hydrogens (tertiary/aromatic N) is 1. The van der Waals surface area contributed by atoms with Gasteiger partial charge in [-0.05, 0) is 6.42 Å². The first-order valence-corrected chi connectivity index (χ1v) is 6.82. The Hall–Kier alpha value is -1.68. The van der Waals surface area contributed by atoms with Crippen LogP contribution < -0.4 is 5.32 Å². The maximum atomic E-state index is 12.5.